The molecule has 0 aliphatic heterocycles. The molecule has 1 nitrogen and oxygen atoms in total. The zero-order valence-corrected chi connectivity index (χ0v) is 10.9. The van der Waals surface area contributed by atoms with Crippen molar-refractivity contribution in [3.05, 3.63) is 79.1 Å². The summed E-state index contributed by atoms with van der Waals surface area (Å²) in [5, 5.41) is 4.83. The summed E-state index contributed by atoms with van der Waals surface area (Å²) < 4.78 is 5.83. The number of benzene rings is 3. The lowest BCUT2D eigenvalue weighted by atomic mass is 10.0. The molecule has 0 saturated carbocycles. The van der Waals surface area contributed by atoms with E-state index in [0.29, 0.717) is 0 Å². The van der Waals surface area contributed by atoms with Crippen LogP contribution in [-0.4, -0.2) is 0 Å². The van der Waals surface area contributed by atoms with Gasteiger partial charge in [-0.3, -0.25) is 0 Å². The summed E-state index contributed by atoms with van der Waals surface area (Å²) in [5.74, 6) is 0.897. The fourth-order valence-corrected chi connectivity index (χ4v) is 2.62. The highest BCUT2D eigenvalue weighted by molar-refractivity contribution is 6.07. The van der Waals surface area contributed by atoms with Crippen LogP contribution in [0, 0.1) is 0 Å². The molecule has 0 unspecified atom stereocenters. The monoisotopic (exact) mass is 257 g/mol. The summed E-state index contributed by atoms with van der Waals surface area (Å²) in [7, 11) is 0. The second kappa shape index (κ2) is 4.46. The van der Waals surface area contributed by atoms with Crippen LogP contribution in [0.25, 0.3) is 32.9 Å². The smallest absolute Gasteiger partial charge is 0.215 e. The van der Waals surface area contributed by atoms with Gasteiger partial charge in [0.15, 0.2) is 0 Å². The Morgan fingerprint density at radius 2 is 1.35 bits per heavy atom. The molecule has 0 atom stereocenters. The van der Waals surface area contributed by atoms with Crippen LogP contribution in [0.4, 0.5) is 0 Å². The Labute approximate surface area is 117 Å². The van der Waals surface area contributed by atoms with Gasteiger partial charge in [-0.2, -0.15) is 0 Å². The minimum atomic E-state index is 0.897. The number of rotatable bonds is 1. The van der Waals surface area contributed by atoms with E-state index in [1.807, 2.05) is 24.5 Å². The van der Waals surface area contributed by atoms with E-state index in [4.69, 9.17) is 4.42 Å². The van der Waals surface area contributed by atoms with Gasteiger partial charge >= 0.3 is 12.0 Å². The number of fused-ring (bicyclic) bond motifs is 3. The van der Waals surface area contributed by atoms with Crippen molar-refractivity contribution in [3.63, 3.8) is 0 Å². The maximum Gasteiger partial charge on any atom is 0.360 e. The molecular formula is C19H13O+. The van der Waals surface area contributed by atoms with E-state index < -0.39 is 0 Å². The van der Waals surface area contributed by atoms with Gasteiger partial charge < -0.3 is 0 Å². The molecule has 0 saturated heterocycles. The molecule has 1 heteroatoms. The molecule has 3 aromatic carbocycles. The van der Waals surface area contributed by atoms with Gasteiger partial charge in [0, 0.05) is 5.39 Å². The SMILES string of the molecule is c1ccc(-c2cc3ccc4ccccc4c3c[o+]2)cc1. The Balaban J connectivity index is 1.99. The lowest BCUT2D eigenvalue weighted by molar-refractivity contribution is 0.574. The first kappa shape index (κ1) is 11.2. The lowest BCUT2D eigenvalue weighted by Gasteiger charge is -2.00. The average molecular weight is 257 g/mol. The van der Waals surface area contributed by atoms with E-state index in [1.165, 1.54) is 16.2 Å². The fourth-order valence-electron chi connectivity index (χ4n) is 2.62. The predicted octanol–water partition coefficient (Wildman–Crippen LogP) is 5.53. The molecule has 0 bridgehead atoms. The second-order valence-corrected chi connectivity index (χ2v) is 4.90. The van der Waals surface area contributed by atoms with Crippen molar-refractivity contribution < 1.29 is 4.42 Å². The summed E-state index contributed by atoms with van der Waals surface area (Å²) in [6, 6.07) is 25.0. The largest absolute Gasteiger partial charge is 0.360 e. The highest BCUT2D eigenvalue weighted by atomic mass is 16.3. The summed E-state index contributed by atoms with van der Waals surface area (Å²) in [5.41, 5.74) is 1.10. The van der Waals surface area contributed by atoms with Crippen molar-refractivity contribution in [2.24, 2.45) is 0 Å². The van der Waals surface area contributed by atoms with Gasteiger partial charge in [0.2, 0.25) is 0 Å². The third kappa shape index (κ3) is 1.76. The summed E-state index contributed by atoms with van der Waals surface area (Å²) in [6.45, 7) is 0. The number of hydrogen-bond donors (Lipinski definition) is 0. The quantitative estimate of drug-likeness (QED) is 0.322. The van der Waals surface area contributed by atoms with E-state index in [9.17, 15) is 0 Å². The number of hydrogen-bond acceptors (Lipinski definition) is 0. The Bertz CT molecular complexity index is 895. The van der Waals surface area contributed by atoms with Crippen molar-refractivity contribution in [2.45, 2.75) is 0 Å². The maximum absolute atomic E-state index is 5.83. The lowest BCUT2D eigenvalue weighted by Crippen LogP contribution is -1.80. The van der Waals surface area contributed by atoms with Crippen molar-refractivity contribution in [1.82, 2.24) is 0 Å². The summed E-state index contributed by atoms with van der Waals surface area (Å²) in [6.07, 6.45) is 1.86. The van der Waals surface area contributed by atoms with Crippen LogP contribution in [0.5, 0.6) is 0 Å². The van der Waals surface area contributed by atoms with Gasteiger partial charge in [-0.05, 0) is 22.9 Å². The molecule has 1 aromatic heterocycles. The molecule has 0 N–H and O–H groups in total. The molecule has 0 aliphatic rings. The Morgan fingerprint density at radius 3 is 2.25 bits per heavy atom. The molecule has 94 valence electrons. The van der Waals surface area contributed by atoms with Crippen LogP contribution in [0.2, 0.25) is 0 Å². The van der Waals surface area contributed by atoms with Gasteiger partial charge in [-0.1, -0.05) is 54.6 Å². The third-order valence-electron chi connectivity index (χ3n) is 3.65. The first-order chi connectivity index (χ1) is 9.92. The molecule has 0 spiro atoms. The van der Waals surface area contributed by atoms with Gasteiger partial charge in [-0.25, -0.2) is 4.42 Å². The average Bonchev–Trinajstić information content (AvgIpc) is 2.55. The van der Waals surface area contributed by atoms with E-state index >= 15 is 0 Å². The van der Waals surface area contributed by atoms with Crippen LogP contribution in [0.15, 0.2) is 83.5 Å². The minimum absolute atomic E-state index is 0.897. The topological polar surface area (TPSA) is 11.3 Å². The van der Waals surface area contributed by atoms with Gasteiger partial charge in [-0.15, -0.1) is 0 Å². The van der Waals surface area contributed by atoms with E-state index in [2.05, 4.69) is 54.6 Å². The standard InChI is InChI=1S/C19H13O/c1-2-7-15(8-3-1)19-12-16-11-10-14-6-4-5-9-17(14)18(16)13-20-19/h1-13H/q+1. The Morgan fingerprint density at radius 1 is 0.600 bits per heavy atom. The van der Waals surface area contributed by atoms with Crippen LogP contribution in [0.3, 0.4) is 0 Å². The molecular weight excluding hydrogens is 244 g/mol. The molecule has 0 fully saturated rings. The first-order valence-corrected chi connectivity index (χ1v) is 6.70. The van der Waals surface area contributed by atoms with Crippen molar-refractivity contribution >= 4 is 21.5 Å². The molecule has 0 amide bonds. The van der Waals surface area contributed by atoms with Crippen LogP contribution in [0.1, 0.15) is 0 Å². The first-order valence-electron chi connectivity index (χ1n) is 6.70. The van der Waals surface area contributed by atoms with Gasteiger partial charge in [0.1, 0.15) is 0 Å². The molecule has 1 heterocycles. The highest BCUT2D eigenvalue weighted by Gasteiger charge is 2.13. The third-order valence-corrected chi connectivity index (χ3v) is 3.65. The summed E-state index contributed by atoms with van der Waals surface area (Å²) >= 11 is 0. The van der Waals surface area contributed by atoms with Crippen molar-refractivity contribution in [2.75, 3.05) is 0 Å². The Hall–Kier alpha value is -2.67. The van der Waals surface area contributed by atoms with E-state index in [0.717, 1.165) is 16.7 Å². The van der Waals surface area contributed by atoms with Crippen LogP contribution in [-0.2, 0) is 0 Å². The molecule has 0 aliphatic carbocycles. The summed E-state index contributed by atoms with van der Waals surface area (Å²) in [4.78, 5) is 0. The molecule has 4 rings (SSSR count). The van der Waals surface area contributed by atoms with Gasteiger partial charge in [0.05, 0.1) is 17.0 Å². The van der Waals surface area contributed by atoms with Crippen molar-refractivity contribution in [1.29, 1.82) is 0 Å². The van der Waals surface area contributed by atoms with Crippen LogP contribution >= 0.6 is 0 Å². The highest BCUT2D eigenvalue weighted by Crippen LogP contribution is 2.29. The predicted molar refractivity (Wildman–Crippen MR) is 83.6 cm³/mol. The van der Waals surface area contributed by atoms with E-state index in [-0.39, 0.29) is 0 Å². The normalized spacial score (nSPS) is 11.0. The molecule has 20 heavy (non-hydrogen) atoms. The van der Waals surface area contributed by atoms with Gasteiger partial charge in [0.25, 0.3) is 0 Å². The second-order valence-electron chi connectivity index (χ2n) is 4.90. The minimum Gasteiger partial charge on any atom is -0.215 e. The molecule has 4 aromatic rings. The maximum atomic E-state index is 5.83. The zero-order valence-electron chi connectivity index (χ0n) is 10.9. The zero-order chi connectivity index (χ0) is 13.4. The fraction of sp³-hybridized carbons (Fsp3) is 0. The molecule has 0 radical (unpaired) electrons. The Kier molecular flexibility index (Phi) is 2.49. The van der Waals surface area contributed by atoms with Crippen molar-refractivity contribution in [3.8, 4) is 11.3 Å². The van der Waals surface area contributed by atoms with Crippen LogP contribution < -0.4 is 0 Å². The van der Waals surface area contributed by atoms with E-state index in [1.54, 1.807) is 0 Å².